The summed E-state index contributed by atoms with van der Waals surface area (Å²) in [6, 6.07) is 15.3. The molecule has 6 heteroatoms. The molecular formula is C23H31N3O3. The van der Waals surface area contributed by atoms with Crippen LogP contribution in [-0.2, 0) is 0 Å². The first-order valence-electron chi connectivity index (χ1n) is 10.2. The zero-order chi connectivity index (χ0) is 20.8. The van der Waals surface area contributed by atoms with Crippen molar-refractivity contribution in [1.82, 2.24) is 5.32 Å². The van der Waals surface area contributed by atoms with Crippen LogP contribution in [0.1, 0.15) is 47.7 Å². The quantitative estimate of drug-likeness (QED) is 0.549. The first-order valence-corrected chi connectivity index (χ1v) is 10.2. The van der Waals surface area contributed by atoms with Crippen LogP contribution in [0, 0.1) is 5.92 Å². The molecule has 1 aliphatic carbocycles. The summed E-state index contributed by atoms with van der Waals surface area (Å²) < 4.78 is 0. The number of benzene rings is 2. The number of amides is 1. The lowest BCUT2D eigenvalue weighted by molar-refractivity contribution is 0.0997. The van der Waals surface area contributed by atoms with Crippen molar-refractivity contribution in [3.63, 3.8) is 0 Å². The number of hydrogen-bond donors (Lipinski definition) is 4. The Bertz CT molecular complexity index is 804. The molecule has 0 aromatic heterocycles. The number of nitrogens with one attached hydrogen (secondary N) is 1. The summed E-state index contributed by atoms with van der Waals surface area (Å²) in [4.78, 5) is 13.7. The van der Waals surface area contributed by atoms with Crippen LogP contribution in [-0.4, -0.2) is 42.3 Å². The van der Waals surface area contributed by atoms with Gasteiger partial charge in [0, 0.05) is 31.9 Å². The highest BCUT2D eigenvalue weighted by atomic mass is 16.3. The zero-order valence-electron chi connectivity index (χ0n) is 16.9. The first kappa shape index (κ1) is 21.1. The third kappa shape index (κ3) is 5.71. The SMILES string of the molecule is CN(C[C@H]1CC[C@@H](NCC(O)c2ccc(O)c(C(N)=O)c2)CC1)c1ccccc1. The van der Waals surface area contributed by atoms with Crippen LogP contribution in [0.15, 0.2) is 48.5 Å². The molecule has 1 atom stereocenters. The molecule has 1 fully saturated rings. The lowest BCUT2D eigenvalue weighted by Gasteiger charge is -2.33. The van der Waals surface area contributed by atoms with Crippen molar-refractivity contribution in [2.24, 2.45) is 11.7 Å². The molecule has 1 saturated carbocycles. The van der Waals surface area contributed by atoms with E-state index in [-0.39, 0.29) is 11.3 Å². The van der Waals surface area contributed by atoms with Crippen molar-refractivity contribution in [3.05, 3.63) is 59.7 Å². The van der Waals surface area contributed by atoms with Crippen molar-refractivity contribution in [3.8, 4) is 5.75 Å². The van der Waals surface area contributed by atoms with Gasteiger partial charge in [-0.15, -0.1) is 0 Å². The van der Waals surface area contributed by atoms with E-state index in [2.05, 4.69) is 41.5 Å². The number of phenols is 1. The fourth-order valence-corrected chi connectivity index (χ4v) is 4.08. The fourth-order valence-electron chi connectivity index (χ4n) is 4.08. The number of primary amides is 1. The van der Waals surface area contributed by atoms with Crippen molar-refractivity contribution >= 4 is 11.6 Å². The van der Waals surface area contributed by atoms with E-state index >= 15 is 0 Å². The fraction of sp³-hybridized carbons (Fsp3) is 0.435. The monoisotopic (exact) mass is 397 g/mol. The van der Waals surface area contributed by atoms with E-state index in [1.165, 1.54) is 17.8 Å². The first-order chi connectivity index (χ1) is 13.9. The van der Waals surface area contributed by atoms with E-state index in [1.54, 1.807) is 6.07 Å². The van der Waals surface area contributed by atoms with Crippen LogP contribution in [0.5, 0.6) is 5.75 Å². The molecular weight excluding hydrogens is 366 g/mol. The molecule has 0 radical (unpaired) electrons. The maximum atomic E-state index is 11.4. The molecule has 1 amide bonds. The largest absolute Gasteiger partial charge is 0.507 e. The number of aliphatic hydroxyl groups excluding tert-OH is 1. The van der Waals surface area contributed by atoms with Gasteiger partial charge in [0.2, 0.25) is 0 Å². The maximum Gasteiger partial charge on any atom is 0.252 e. The van der Waals surface area contributed by atoms with Crippen molar-refractivity contribution in [2.75, 3.05) is 25.0 Å². The number of rotatable bonds is 8. The molecule has 1 unspecified atom stereocenters. The van der Waals surface area contributed by atoms with E-state index in [4.69, 9.17) is 5.73 Å². The zero-order valence-corrected chi connectivity index (χ0v) is 16.9. The number of anilines is 1. The number of nitrogens with zero attached hydrogens (tertiary/aromatic N) is 1. The predicted octanol–water partition coefficient (Wildman–Crippen LogP) is 2.81. The number of aromatic hydroxyl groups is 1. The molecule has 156 valence electrons. The summed E-state index contributed by atoms with van der Waals surface area (Å²) >= 11 is 0. The van der Waals surface area contributed by atoms with Gasteiger partial charge in [0.1, 0.15) is 5.75 Å². The third-order valence-corrected chi connectivity index (χ3v) is 5.85. The average molecular weight is 398 g/mol. The molecule has 0 aliphatic heterocycles. The van der Waals surface area contributed by atoms with Crippen molar-refractivity contribution in [2.45, 2.75) is 37.8 Å². The minimum atomic E-state index is -0.754. The molecule has 6 nitrogen and oxygen atoms in total. The van der Waals surface area contributed by atoms with E-state index in [9.17, 15) is 15.0 Å². The maximum absolute atomic E-state index is 11.4. The minimum Gasteiger partial charge on any atom is -0.507 e. The van der Waals surface area contributed by atoms with Gasteiger partial charge in [0.25, 0.3) is 5.91 Å². The second-order valence-corrected chi connectivity index (χ2v) is 8.00. The van der Waals surface area contributed by atoms with Gasteiger partial charge in [-0.1, -0.05) is 24.3 Å². The molecule has 0 spiro atoms. The van der Waals surface area contributed by atoms with Crippen molar-refractivity contribution < 1.29 is 15.0 Å². The second-order valence-electron chi connectivity index (χ2n) is 8.00. The topological polar surface area (TPSA) is 98.8 Å². The standard InChI is InChI=1S/C23H31N3O3/c1-26(19-5-3-2-4-6-19)15-16-7-10-18(11-8-16)25-14-22(28)17-9-12-21(27)20(13-17)23(24)29/h2-6,9,12-13,16,18,22,25,27-28H,7-8,10-11,14-15H2,1H3,(H2,24,29)/t16-,18+,22?. The lowest BCUT2D eigenvalue weighted by Crippen LogP contribution is -2.38. The third-order valence-electron chi connectivity index (χ3n) is 5.85. The number of para-hydroxylation sites is 1. The number of carbonyl (C=O) groups is 1. The summed E-state index contributed by atoms with van der Waals surface area (Å²) in [6.07, 6.45) is 3.74. The summed E-state index contributed by atoms with van der Waals surface area (Å²) in [5.74, 6) is -0.193. The Morgan fingerprint density at radius 1 is 1.17 bits per heavy atom. The van der Waals surface area contributed by atoms with Crippen LogP contribution in [0.2, 0.25) is 0 Å². The molecule has 5 N–H and O–H groups in total. The lowest BCUT2D eigenvalue weighted by atomic mass is 9.85. The van der Waals surface area contributed by atoms with Crippen LogP contribution in [0.4, 0.5) is 5.69 Å². The summed E-state index contributed by atoms with van der Waals surface area (Å²) in [7, 11) is 2.15. The van der Waals surface area contributed by atoms with Gasteiger partial charge in [-0.25, -0.2) is 0 Å². The number of carbonyl (C=O) groups excluding carboxylic acids is 1. The van der Waals surface area contributed by atoms with Gasteiger partial charge in [-0.3, -0.25) is 4.79 Å². The van der Waals surface area contributed by atoms with Gasteiger partial charge < -0.3 is 26.2 Å². The summed E-state index contributed by atoms with van der Waals surface area (Å²) in [6.45, 7) is 1.46. The second kappa shape index (κ2) is 9.76. The predicted molar refractivity (Wildman–Crippen MR) is 115 cm³/mol. The van der Waals surface area contributed by atoms with E-state index < -0.39 is 12.0 Å². The Kier molecular flexibility index (Phi) is 7.12. The molecule has 29 heavy (non-hydrogen) atoms. The van der Waals surface area contributed by atoms with Gasteiger partial charge in [0.15, 0.2) is 0 Å². The minimum absolute atomic E-state index is 0.0320. The number of hydrogen-bond acceptors (Lipinski definition) is 5. The highest BCUT2D eigenvalue weighted by Gasteiger charge is 2.23. The average Bonchev–Trinajstić information content (AvgIpc) is 2.73. The van der Waals surface area contributed by atoms with E-state index in [0.717, 1.165) is 32.2 Å². The highest BCUT2D eigenvalue weighted by Crippen LogP contribution is 2.27. The Morgan fingerprint density at radius 2 is 1.86 bits per heavy atom. The Labute approximate surface area is 172 Å². The normalized spacial score (nSPS) is 20.2. The highest BCUT2D eigenvalue weighted by molar-refractivity contribution is 5.95. The van der Waals surface area contributed by atoms with Gasteiger partial charge in [-0.05, 0) is 61.4 Å². The van der Waals surface area contributed by atoms with Gasteiger partial charge in [0.05, 0.1) is 11.7 Å². The molecule has 0 bridgehead atoms. The molecule has 2 aromatic carbocycles. The smallest absolute Gasteiger partial charge is 0.252 e. The molecule has 2 aromatic rings. The Balaban J connectivity index is 1.44. The molecule has 1 aliphatic rings. The van der Waals surface area contributed by atoms with Gasteiger partial charge in [-0.2, -0.15) is 0 Å². The Morgan fingerprint density at radius 3 is 2.52 bits per heavy atom. The Hall–Kier alpha value is -2.57. The molecule has 0 heterocycles. The molecule has 0 saturated heterocycles. The number of nitrogens with two attached hydrogens (primary N) is 1. The van der Waals surface area contributed by atoms with Crippen LogP contribution in [0.25, 0.3) is 0 Å². The van der Waals surface area contributed by atoms with Crippen LogP contribution < -0.4 is 16.0 Å². The summed E-state index contributed by atoms with van der Waals surface area (Å²) in [5, 5.41) is 23.6. The molecule has 3 rings (SSSR count). The van der Waals surface area contributed by atoms with E-state index in [1.807, 2.05) is 6.07 Å². The van der Waals surface area contributed by atoms with Crippen LogP contribution in [0.3, 0.4) is 0 Å². The number of aliphatic hydroxyl groups is 1. The van der Waals surface area contributed by atoms with Crippen LogP contribution >= 0.6 is 0 Å². The van der Waals surface area contributed by atoms with E-state index in [0.29, 0.717) is 24.1 Å². The van der Waals surface area contributed by atoms with Gasteiger partial charge >= 0.3 is 0 Å². The summed E-state index contributed by atoms with van der Waals surface area (Å²) in [5.41, 5.74) is 7.11. The van der Waals surface area contributed by atoms with Crippen molar-refractivity contribution in [1.29, 1.82) is 0 Å².